The van der Waals surface area contributed by atoms with E-state index in [9.17, 15) is 15.0 Å². The molecule has 0 atom stereocenters. The molecule has 0 saturated heterocycles. The highest BCUT2D eigenvalue weighted by molar-refractivity contribution is 5.82. The van der Waals surface area contributed by atoms with Crippen LogP contribution in [0.1, 0.15) is 43.7 Å². The molecule has 0 spiro atoms. The zero-order chi connectivity index (χ0) is 16.4. The van der Waals surface area contributed by atoms with Crippen LogP contribution in [0.3, 0.4) is 0 Å². The van der Waals surface area contributed by atoms with Gasteiger partial charge in [-0.15, -0.1) is 0 Å². The first-order chi connectivity index (χ1) is 11.1. The van der Waals surface area contributed by atoms with E-state index in [-0.39, 0.29) is 11.9 Å². The molecule has 3 rings (SSSR count). The van der Waals surface area contributed by atoms with Gasteiger partial charge < -0.3 is 19.9 Å². The van der Waals surface area contributed by atoms with Crippen molar-refractivity contribution in [1.29, 1.82) is 0 Å². The number of phenols is 1. The topological polar surface area (TPSA) is 82.7 Å². The first-order valence-corrected chi connectivity index (χ1v) is 8.27. The summed E-state index contributed by atoms with van der Waals surface area (Å²) in [5.74, 6) is 0.162. The standard InChI is InChI=1S/C18H23NO4/c1-2-11-7-15-12(8-18(22)23-17(15)9-16(11)21)10-19-13-3-5-14(20)6-4-13/h7-9,13-14,19-21H,2-6,10H2,1H3. The van der Waals surface area contributed by atoms with Crippen LogP contribution in [-0.4, -0.2) is 22.4 Å². The van der Waals surface area contributed by atoms with Crippen LogP contribution in [0.25, 0.3) is 11.0 Å². The van der Waals surface area contributed by atoms with Crippen LogP contribution in [0.15, 0.2) is 27.4 Å². The summed E-state index contributed by atoms with van der Waals surface area (Å²) in [4.78, 5) is 11.8. The summed E-state index contributed by atoms with van der Waals surface area (Å²) in [5, 5.41) is 23.9. The number of rotatable bonds is 4. The molecule has 3 N–H and O–H groups in total. The maximum absolute atomic E-state index is 11.8. The number of hydrogen-bond acceptors (Lipinski definition) is 5. The molecule has 5 heteroatoms. The van der Waals surface area contributed by atoms with E-state index in [2.05, 4.69) is 5.32 Å². The largest absolute Gasteiger partial charge is 0.508 e. The second kappa shape index (κ2) is 6.72. The molecule has 1 aromatic heterocycles. The van der Waals surface area contributed by atoms with Crippen LogP contribution >= 0.6 is 0 Å². The highest BCUT2D eigenvalue weighted by Crippen LogP contribution is 2.27. The third-order valence-electron chi connectivity index (χ3n) is 4.69. The van der Waals surface area contributed by atoms with Gasteiger partial charge in [-0.05, 0) is 49.3 Å². The predicted octanol–water partition coefficient (Wildman–Crippen LogP) is 2.45. The van der Waals surface area contributed by atoms with Crippen LogP contribution in [0.2, 0.25) is 0 Å². The average molecular weight is 317 g/mol. The minimum absolute atomic E-state index is 0.162. The van der Waals surface area contributed by atoms with Crippen molar-refractivity contribution in [2.24, 2.45) is 0 Å². The van der Waals surface area contributed by atoms with Crippen molar-refractivity contribution in [3.63, 3.8) is 0 Å². The fraction of sp³-hybridized carbons (Fsp3) is 0.500. The van der Waals surface area contributed by atoms with Crippen molar-refractivity contribution in [2.45, 2.75) is 57.7 Å². The Kier molecular flexibility index (Phi) is 4.68. The lowest BCUT2D eigenvalue weighted by atomic mass is 9.93. The number of nitrogens with one attached hydrogen (secondary N) is 1. The van der Waals surface area contributed by atoms with Gasteiger partial charge in [-0.2, -0.15) is 0 Å². The van der Waals surface area contributed by atoms with Crippen LogP contribution < -0.4 is 10.9 Å². The summed E-state index contributed by atoms with van der Waals surface area (Å²) in [5.41, 5.74) is 1.74. The number of phenolic OH excluding ortho intramolecular Hbond substituents is 1. The Hall–Kier alpha value is -1.85. The summed E-state index contributed by atoms with van der Waals surface area (Å²) in [6, 6.07) is 5.30. The Morgan fingerprint density at radius 1 is 1.17 bits per heavy atom. The van der Waals surface area contributed by atoms with Crippen molar-refractivity contribution in [3.8, 4) is 5.75 Å². The third kappa shape index (κ3) is 3.57. The maximum Gasteiger partial charge on any atom is 0.336 e. The molecule has 2 aromatic rings. The Morgan fingerprint density at radius 2 is 1.91 bits per heavy atom. The first-order valence-electron chi connectivity index (χ1n) is 8.27. The van der Waals surface area contributed by atoms with Gasteiger partial charge in [0.15, 0.2) is 0 Å². The van der Waals surface area contributed by atoms with Gasteiger partial charge in [-0.1, -0.05) is 6.92 Å². The van der Waals surface area contributed by atoms with Gasteiger partial charge in [0.25, 0.3) is 0 Å². The second-order valence-corrected chi connectivity index (χ2v) is 6.31. The Balaban J connectivity index is 1.85. The summed E-state index contributed by atoms with van der Waals surface area (Å²) < 4.78 is 5.21. The Morgan fingerprint density at radius 3 is 2.61 bits per heavy atom. The molecule has 0 aliphatic heterocycles. The molecule has 1 saturated carbocycles. The average Bonchev–Trinajstić information content (AvgIpc) is 2.53. The van der Waals surface area contributed by atoms with Crippen LogP contribution in [0.5, 0.6) is 5.75 Å². The van der Waals surface area contributed by atoms with Gasteiger partial charge in [-0.25, -0.2) is 4.79 Å². The molecule has 1 heterocycles. The molecular formula is C18H23NO4. The quantitative estimate of drug-likeness (QED) is 0.755. The number of aryl methyl sites for hydroxylation is 1. The van der Waals surface area contributed by atoms with Crippen molar-refractivity contribution in [3.05, 3.63) is 39.7 Å². The van der Waals surface area contributed by atoms with E-state index < -0.39 is 5.63 Å². The lowest BCUT2D eigenvalue weighted by Crippen LogP contribution is -2.34. The fourth-order valence-corrected chi connectivity index (χ4v) is 3.27. The van der Waals surface area contributed by atoms with E-state index in [1.807, 2.05) is 13.0 Å². The van der Waals surface area contributed by atoms with E-state index in [0.29, 0.717) is 24.6 Å². The van der Waals surface area contributed by atoms with Gasteiger partial charge in [0, 0.05) is 30.1 Å². The maximum atomic E-state index is 11.8. The monoisotopic (exact) mass is 317 g/mol. The van der Waals surface area contributed by atoms with E-state index in [1.165, 1.54) is 12.1 Å². The van der Waals surface area contributed by atoms with E-state index in [4.69, 9.17) is 4.42 Å². The predicted molar refractivity (Wildman–Crippen MR) is 88.6 cm³/mol. The lowest BCUT2D eigenvalue weighted by Gasteiger charge is -2.26. The minimum Gasteiger partial charge on any atom is -0.508 e. The van der Waals surface area contributed by atoms with Crippen molar-refractivity contribution in [1.82, 2.24) is 5.32 Å². The highest BCUT2D eigenvalue weighted by atomic mass is 16.4. The smallest absolute Gasteiger partial charge is 0.336 e. The number of benzene rings is 1. The van der Waals surface area contributed by atoms with E-state index in [0.717, 1.165) is 42.2 Å². The summed E-state index contributed by atoms with van der Waals surface area (Å²) in [6.45, 7) is 2.56. The molecule has 1 fully saturated rings. The zero-order valence-electron chi connectivity index (χ0n) is 13.3. The van der Waals surface area contributed by atoms with E-state index >= 15 is 0 Å². The minimum atomic E-state index is -0.406. The van der Waals surface area contributed by atoms with Crippen molar-refractivity contribution < 1.29 is 14.6 Å². The SMILES string of the molecule is CCc1cc2c(CNC3CCC(O)CC3)cc(=O)oc2cc1O. The molecule has 124 valence electrons. The fourth-order valence-electron chi connectivity index (χ4n) is 3.27. The first kappa shape index (κ1) is 16.0. The number of aliphatic hydroxyl groups is 1. The summed E-state index contributed by atoms with van der Waals surface area (Å²) in [7, 11) is 0. The summed E-state index contributed by atoms with van der Waals surface area (Å²) in [6.07, 6.45) is 4.08. The zero-order valence-corrected chi connectivity index (χ0v) is 13.3. The normalized spacial score (nSPS) is 21.7. The molecule has 1 aliphatic rings. The molecule has 0 unspecified atom stereocenters. The molecular weight excluding hydrogens is 294 g/mol. The van der Waals surface area contributed by atoms with E-state index in [1.54, 1.807) is 0 Å². The third-order valence-corrected chi connectivity index (χ3v) is 4.69. The van der Waals surface area contributed by atoms with Crippen LogP contribution in [0.4, 0.5) is 0 Å². The van der Waals surface area contributed by atoms with Crippen molar-refractivity contribution in [2.75, 3.05) is 0 Å². The molecule has 0 radical (unpaired) electrons. The molecule has 1 aliphatic carbocycles. The van der Waals surface area contributed by atoms with Gasteiger partial charge >= 0.3 is 5.63 Å². The van der Waals surface area contributed by atoms with Crippen LogP contribution in [-0.2, 0) is 13.0 Å². The molecule has 1 aromatic carbocycles. The number of hydrogen-bond donors (Lipinski definition) is 3. The molecule has 5 nitrogen and oxygen atoms in total. The lowest BCUT2D eigenvalue weighted by molar-refractivity contribution is 0.116. The highest BCUT2D eigenvalue weighted by Gasteiger charge is 2.19. The molecule has 23 heavy (non-hydrogen) atoms. The van der Waals surface area contributed by atoms with Gasteiger partial charge in [-0.3, -0.25) is 0 Å². The number of fused-ring (bicyclic) bond motifs is 1. The van der Waals surface area contributed by atoms with Gasteiger partial charge in [0.1, 0.15) is 11.3 Å². The van der Waals surface area contributed by atoms with Crippen molar-refractivity contribution >= 4 is 11.0 Å². The number of aromatic hydroxyl groups is 1. The molecule has 0 amide bonds. The Labute approximate surface area is 134 Å². The molecule has 0 bridgehead atoms. The second-order valence-electron chi connectivity index (χ2n) is 6.31. The summed E-state index contributed by atoms with van der Waals surface area (Å²) >= 11 is 0. The van der Waals surface area contributed by atoms with Crippen LogP contribution in [0, 0.1) is 0 Å². The Bertz CT molecular complexity index is 745. The van der Waals surface area contributed by atoms with Gasteiger partial charge in [0.05, 0.1) is 6.10 Å². The van der Waals surface area contributed by atoms with Gasteiger partial charge in [0.2, 0.25) is 0 Å². The number of aliphatic hydroxyl groups excluding tert-OH is 1.